The summed E-state index contributed by atoms with van der Waals surface area (Å²) in [7, 11) is 0. The molecule has 0 aromatic carbocycles. The highest BCUT2D eigenvalue weighted by molar-refractivity contribution is 5.51. The summed E-state index contributed by atoms with van der Waals surface area (Å²) < 4.78 is 0. The molecule has 0 saturated heterocycles. The Morgan fingerprint density at radius 3 is 2.62 bits per heavy atom. The Labute approximate surface area is 99.3 Å². The van der Waals surface area contributed by atoms with E-state index >= 15 is 0 Å². The van der Waals surface area contributed by atoms with E-state index in [1.165, 1.54) is 38.5 Å². The number of hydrogen-bond acceptors (Lipinski definition) is 1. The standard InChI is InChI=1S/C15H24O/c1-14(2)7-4-5-12-11-15(3,9-10-16)8-6-13(12)14/h10H,4-9,11H2,1-3H3. The average Bonchev–Trinajstić information content (AvgIpc) is 2.16. The third-order valence-corrected chi connectivity index (χ3v) is 4.72. The lowest BCUT2D eigenvalue weighted by Gasteiger charge is -2.43. The Bertz CT molecular complexity index is 324. The van der Waals surface area contributed by atoms with Gasteiger partial charge >= 0.3 is 0 Å². The van der Waals surface area contributed by atoms with E-state index in [4.69, 9.17) is 0 Å². The summed E-state index contributed by atoms with van der Waals surface area (Å²) in [5.74, 6) is 0. The molecule has 1 nitrogen and oxygen atoms in total. The second-order valence-corrected chi connectivity index (χ2v) is 6.68. The van der Waals surface area contributed by atoms with E-state index in [0.29, 0.717) is 5.41 Å². The molecule has 0 heterocycles. The smallest absolute Gasteiger partial charge is 0.120 e. The van der Waals surface area contributed by atoms with Crippen molar-refractivity contribution in [3.8, 4) is 0 Å². The summed E-state index contributed by atoms with van der Waals surface area (Å²) in [6.07, 6.45) is 9.42. The first-order valence-electron chi connectivity index (χ1n) is 6.62. The van der Waals surface area contributed by atoms with Crippen molar-refractivity contribution in [1.29, 1.82) is 0 Å². The van der Waals surface area contributed by atoms with Crippen molar-refractivity contribution in [2.75, 3.05) is 0 Å². The van der Waals surface area contributed by atoms with Gasteiger partial charge in [0.2, 0.25) is 0 Å². The largest absolute Gasteiger partial charge is 0.303 e. The molecule has 0 N–H and O–H groups in total. The Balaban J connectivity index is 2.23. The molecule has 2 aliphatic rings. The van der Waals surface area contributed by atoms with Crippen LogP contribution in [0.3, 0.4) is 0 Å². The third-order valence-electron chi connectivity index (χ3n) is 4.72. The molecule has 90 valence electrons. The third kappa shape index (κ3) is 2.09. The fourth-order valence-corrected chi connectivity index (χ4v) is 3.64. The lowest BCUT2D eigenvalue weighted by Crippen LogP contribution is -2.30. The Morgan fingerprint density at radius 1 is 1.19 bits per heavy atom. The fraction of sp³-hybridized carbons (Fsp3) is 0.800. The topological polar surface area (TPSA) is 17.1 Å². The van der Waals surface area contributed by atoms with Crippen molar-refractivity contribution in [2.24, 2.45) is 10.8 Å². The van der Waals surface area contributed by atoms with Gasteiger partial charge < -0.3 is 4.79 Å². The monoisotopic (exact) mass is 220 g/mol. The molecule has 1 heteroatoms. The molecule has 0 aromatic rings. The first kappa shape index (κ1) is 11.9. The van der Waals surface area contributed by atoms with Gasteiger partial charge in [0.05, 0.1) is 0 Å². The molecular formula is C15H24O. The van der Waals surface area contributed by atoms with E-state index in [1.54, 1.807) is 11.1 Å². The molecule has 16 heavy (non-hydrogen) atoms. The van der Waals surface area contributed by atoms with Crippen LogP contribution >= 0.6 is 0 Å². The second-order valence-electron chi connectivity index (χ2n) is 6.68. The predicted molar refractivity (Wildman–Crippen MR) is 67.3 cm³/mol. The molecule has 0 radical (unpaired) electrons. The summed E-state index contributed by atoms with van der Waals surface area (Å²) in [5, 5.41) is 0. The van der Waals surface area contributed by atoms with E-state index < -0.39 is 0 Å². The lowest BCUT2D eigenvalue weighted by atomic mass is 9.62. The van der Waals surface area contributed by atoms with E-state index in [9.17, 15) is 4.79 Å². The second kappa shape index (κ2) is 4.01. The van der Waals surface area contributed by atoms with Crippen LogP contribution in [0.2, 0.25) is 0 Å². The zero-order valence-corrected chi connectivity index (χ0v) is 10.9. The van der Waals surface area contributed by atoms with E-state index in [2.05, 4.69) is 20.8 Å². The van der Waals surface area contributed by atoms with Crippen LogP contribution in [0.15, 0.2) is 11.1 Å². The maximum absolute atomic E-state index is 10.7. The summed E-state index contributed by atoms with van der Waals surface area (Å²) >= 11 is 0. The van der Waals surface area contributed by atoms with Gasteiger partial charge in [-0.15, -0.1) is 0 Å². The van der Waals surface area contributed by atoms with Crippen molar-refractivity contribution < 1.29 is 4.79 Å². The summed E-state index contributed by atoms with van der Waals surface area (Å²) in [6, 6.07) is 0. The minimum absolute atomic E-state index is 0.258. The van der Waals surface area contributed by atoms with Gasteiger partial charge in [0.25, 0.3) is 0 Å². The Hall–Kier alpha value is -0.590. The number of hydrogen-bond donors (Lipinski definition) is 0. The van der Waals surface area contributed by atoms with E-state index in [1.807, 2.05) is 0 Å². The molecule has 2 rings (SSSR count). The highest BCUT2D eigenvalue weighted by atomic mass is 16.1. The number of rotatable bonds is 2. The zero-order chi connectivity index (χ0) is 11.8. The van der Waals surface area contributed by atoms with Crippen LogP contribution in [0, 0.1) is 10.8 Å². The first-order chi connectivity index (χ1) is 7.47. The molecule has 0 aromatic heterocycles. The van der Waals surface area contributed by atoms with Gasteiger partial charge in [0.15, 0.2) is 0 Å². The van der Waals surface area contributed by atoms with Crippen LogP contribution in [0.5, 0.6) is 0 Å². The maximum atomic E-state index is 10.7. The number of aldehydes is 1. The molecule has 0 fully saturated rings. The van der Waals surface area contributed by atoms with Gasteiger partial charge in [-0.05, 0) is 49.4 Å². The average molecular weight is 220 g/mol. The quantitative estimate of drug-likeness (QED) is 0.501. The number of carbonyl (C=O) groups excluding carboxylic acids is 1. The van der Waals surface area contributed by atoms with E-state index in [-0.39, 0.29) is 5.41 Å². The Kier molecular flexibility index (Phi) is 2.98. The van der Waals surface area contributed by atoms with Crippen molar-refractivity contribution in [2.45, 2.75) is 65.7 Å². The highest BCUT2D eigenvalue weighted by Gasteiger charge is 2.37. The highest BCUT2D eigenvalue weighted by Crippen LogP contribution is 2.51. The van der Waals surface area contributed by atoms with Gasteiger partial charge in [0, 0.05) is 6.42 Å². The number of allylic oxidation sites excluding steroid dienone is 2. The molecule has 0 bridgehead atoms. The summed E-state index contributed by atoms with van der Waals surface area (Å²) in [6.45, 7) is 7.07. The molecular weight excluding hydrogens is 196 g/mol. The minimum atomic E-state index is 0.258. The summed E-state index contributed by atoms with van der Waals surface area (Å²) in [5.41, 5.74) is 4.10. The van der Waals surface area contributed by atoms with Gasteiger partial charge in [-0.3, -0.25) is 0 Å². The van der Waals surface area contributed by atoms with Crippen molar-refractivity contribution in [3.05, 3.63) is 11.1 Å². The van der Waals surface area contributed by atoms with Crippen LogP contribution < -0.4 is 0 Å². The Morgan fingerprint density at radius 2 is 1.94 bits per heavy atom. The fourth-order valence-electron chi connectivity index (χ4n) is 3.64. The summed E-state index contributed by atoms with van der Waals surface area (Å²) in [4.78, 5) is 10.7. The van der Waals surface area contributed by atoms with Crippen LogP contribution in [-0.2, 0) is 4.79 Å². The molecule has 0 spiro atoms. The zero-order valence-electron chi connectivity index (χ0n) is 10.9. The van der Waals surface area contributed by atoms with Crippen molar-refractivity contribution in [3.63, 3.8) is 0 Å². The first-order valence-corrected chi connectivity index (χ1v) is 6.62. The SMILES string of the molecule is CC1(CC=O)CCC2=C(CCCC2(C)C)C1. The van der Waals surface area contributed by atoms with Gasteiger partial charge in [-0.25, -0.2) is 0 Å². The molecule has 0 amide bonds. The maximum Gasteiger partial charge on any atom is 0.120 e. The van der Waals surface area contributed by atoms with Crippen molar-refractivity contribution in [1.82, 2.24) is 0 Å². The van der Waals surface area contributed by atoms with Gasteiger partial charge in [-0.2, -0.15) is 0 Å². The minimum Gasteiger partial charge on any atom is -0.303 e. The van der Waals surface area contributed by atoms with Crippen LogP contribution in [0.25, 0.3) is 0 Å². The van der Waals surface area contributed by atoms with E-state index in [0.717, 1.165) is 12.7 Å². The number of carbonyl (C=O) groups is 1. The molecule has 1 unspecified atom stereocenters. The molecule has 0 saturated carbocycles. The molecule has 0 aliphatic heterocycles. The normalized spacial score (nSPS) is 33.4. The van der Waals surface area contributed by atoms with Gasteiger partial charge in [-0.1, -0.05) is 31.9 Å². The van der Waals surface area contributed by atoms with Crippen LogP contribution in [0.4, 0.5) is 0 Å². The molecule has 2 aliphatic carbocycles. The van der Waals surface area contributed by atoms with Gasteiger partial charge in [0.1, 0.15) is 6.29 Å². The van der Waals surface area contributed by atoms with Crippen molar-refractivity contribution >= 4 is 6.29 Å². The van der Waals surface area contributed by atoms with Crippen LogP contribution in [0.1, 0.15) is 65.7 Å². The lowest BCUT2D eigenvalue weighted by molar-refractivity contribution is -0.109. The van der Waals surface area contributed by atoms with Crippen LogP contribution in [-0.4, -0.2) is 6.29 Å². The predicted octanol–water partition coefficient (Wildman–Crippen LogP) is 4.27. The molecule has 1 atom stereocenters.